The van der Waals surface area contributed by atoms with Gasteiger partial charge in [0.2, 0.25) is 10.0 Å². The Kier molecular flexibility index (Phi) is 8.34. The minimum Gasteiger partial charge on any atom is -0.497 e. The van der Waals surface area contributed by atoms with E-state index in [9.17, 15) is 8.42 Å². The van der Waals surface area contributed by atoms with E-state index in [-0.39, 0.29) is 6.04 Å². The van der Waals surface area contributed by atoms with Gasteiger partial charge < -0.3 is 20.1 Å². The van der Waals surface area contributed by atoms with Crippen molar-refractivity contribution in [1.82, 2.24) is 20.3 Å². The van der Waals surface area contributed by atoms with Crippen molar-refractivity contribution in [1.29, 1.82) is 0 Å². The number of sulfonamides is 1. The van der Waals surface area contributed by atoms with E-state index in [1.807, 2.05) is 32.0 Å². The standard InChI is InChI=1S/C20H35N5O4S/c1-20(2,24-30(6,26)27)14-22-19(21-3)23-16-7-8-25(13-16)12-15-9-17(28-4)11-18(10-15)29-5/h9-11,16,24H,7-8,12-14H2,1-6H3,(H2,21,22,23). The predicted molar refractivity (Wildman–Crippen MR) is 120 cm³/mol. The number of likely N-dealkylation sites (tertiary alicyclic amines) is 1. The van der Waals surface area contributed by atoms with Crippen LogP contribution in [0.5, 0.6) is 11.5 Å². The smallest absolute Gasteiger partial charge is 0.209 e. The van der Waals surface area contributed by atoms with Crippen molar-refractivity contribution in [2.45, 2.75) is 38.4 Å². The number of ether oxygens (including phenoxy) is 2. The van der Waals surface area contributed by atoms with Crippen LogP contribution in [-0.2, 0) is 16.6 Å². The molecule has 0 saturated carbocycles. The lowest BCUT2D eigenvalue weighted by Gasteiger charge is -2.27. The van der Waals surface area contributed by atoms with Crippen LogP contribution in [0.2, 0.25) is 0 Å². The number of aliphatic imine (C=N–C) groups is 1. The van der Waals surface area contributed by atoms with Gasteiger partial charge in [0.05, 0.1) is 20.5 Å². The fourth-order valence-corrected chi connectivity index (χ4v) is 4.62. The number of guanidine groups is 1. The number of rotatable bonds is 9. The third-order valence-electron chi connectivity index (χ3n) is 4.81. The minimum atomic E-state index is -3.28. The Morgan fingerprint density at radius 2 is 1.87 bits per heavy atom. The maximum absolute atomic E-state index is 11.5. The molecule has 1 fully saturated rings. The summed E-state index contributed by atoms with van der Waals surface area (Å²) in [4.78, 5) is 6.64. The van der Waals surface area contributed by atoms with E-state index in [2.05, 4.69) is 25.2 Å². The monoisotopic (exact) mass is 441 g/mol. The molecule has 30 heavy (non-hydrogen) atoms. The normalized spacial score (nSPS) is 18.3. The fourth-order valence-electron chi connectivity index (χ4n) is 3.54. The molecule has 1 atom stereocenters. The largest absolute Gasteiger partial charge is 0.497 e. The molecule has 0 aromatic heterocycles. The van der Waals surface area contributed by atoms with Crippen molar-refractivity contribution in [3.8, 4) is 11.5 Å². The van der Waals surface area contributed by atoms with Crippen molar-refractivity contribution in [2.75, 3.05) is 47.2 Å². The van der Waals surface area contributed by atoms with Crippen LogP contribution in [-0.4, -0.2) is 78.0 Å². The van der Waals surface area contributed by atoms with Gasteiger partial charge in [-0.05, 0) is 38.0 Å². The summed E-state index contributed by atoms with van der Waals surface area (Å²) in [5.41, 5.74) is 0.515. The summed E-state index contributed by atoms with van der Waals surface area (Å²) in [6.07, 6.45) is 2.15. The van der Waals surface area contributed by atoms with Crippen LogP contribution in [0.15, 0.2) is 23.2 Å². The zero-order valence-electron chi connectivity index (χ0n) is 18.8. The molecule has 1 aliphatic heterocycles. The molecule has 1 aromatic rings. The Morgan fingerprint density at radius 1 is 1.23 bits per heavy atom. The van der Waals surface area contributed by atoms with E-state index in [4.69, 9.17) is 9.47 Å². The van der Waals surface area contributed by atoms with Gasteiger partial charge in [0.25, 0.3) is 0 Å². The van der Waals surface area contributed by atoms with Crippen LogP contribution in [0.25, 0.3) is 0 Å². The summed E-state index contributed by atoms with van der Waals surface area (Å²) in [5, 5.41) is 6.65. The molecular formula is C20H35N5O4S. The number of methoxy groups -OCH3 is 2. The highest BCUT2D eigenvalue weighted by Gasteiger charge is 2.25. The second-order valence-electron chi connectivity index (χ2n) is 8.27. The zero-order valence-corrected chi connectivity index (χ0v) is 19.6. The van der Waals surface area contributed by atoms with Crippen LogP contribution >= 0.6 is 0 Å². The van der Waals surface area contributed by atoms with E-state index in [0.29, 0.717) is 12.5 Å². The topological polar surface area (TPSA) is 104 Å². The highest BCUT2D eigenvalue weighted by atomic mass is 32.2. The highest BCUT2D eigenvalue weighted by molar-refractivity contribution is 7.88. The first-order chi connectivity index (χ1) is 14.0. The maximum atomic E-state index is 11.5. The highest BCUT2D eigenvalue weighted by Crippen LogP contribution is 2.24. The third-order valence-corrected chi connectivity index (χ3v) is 5.74. The molecule has 0 amide bonds. The molecule has 9 nitrogen and oxygen atoms in total. The van der Waals surface area contributed by atoms with Crippen LogP contribution < -0.4 is 24.8 Å². The first-order valence-corrected chi connectivity index (χ1v) is 11.8. The quantitative estimate of drug-likeness (QED) is 0.384. The lowest BCUT2D eigenvalue weighted by atomic mass is 10.1. The molecule has 0 bridgehead atoms. The minimum absolute atomic E-state index is 0.259. The van der Waals surface area contributed by atoms with Crippen molar-refractivity contribution < 1.29 is 17.9 Å². The number of nitrogens with one attached hydrogen (secondary N) is 3. The first-order valence-electron chi connectivity index (χ1n) is 9.94. The fraction of sp³-hybridized carbons (Fsp3) is 0.650. The van der Waals surface area contributed by atoms with Gasteiger partial charge in [0, 0.05) is 50.9 Å². The molecule has 1 saturated heterocycles. The van der Waals surface area contributed by atoms with Gasteiger partial charge in [-0.2, -0.15) is 0 Å². The zero-order chi connectivity index (χ0) is 22.4. The van der Waals surface area contributed by atoms with Crippen LogP contribution in [0.1, 0.15) is 25.8 Å². The number of nitrogens with zero attached hydrogens (tertiary/aromatic N) is 2. The molecule has 2 rings (SSSR count). The number of hydrogen-bond donors (Lipinski definition) is 3. The van der Waals surface area contributed by atoms with E-state index >= 15 is 0 Å². The average Bonchev–Trinajstić information content (AvgIpc) is 3.09. The summed E-state index contributed by atoms with van der Waals surface area (Å²) in [6.45, 7) is 6.73. The molecule has 0 spiro atoms. The van der Waals surface area contributed by atoms with Gasteiger partial charge in [-0.15, -0.1) is 0 Å². The van der Waals surface area contributed by atoms with Crippen molar-refractivity contribution in [2.24, 2.45) is 4.99 Å². The molecular weight excluding hydrogens is 406 g/mol. The van der Waals surface area contributed by atoms with Gasteiger partial charge in [0.15, 0.2) is 5.96 Å². The van der Waals surface area contributed by atoms with E-state index in [1.165, 1.54) is 0 Å². The summed E-state index contributed by atoms with van der Waals surface area (Å²) < 4.78 is 36.3. The SMILES string of the molecule is CN=C(NCC(C)(C)NS(C)(=O)=O)NC1CCN(Cc2cc(OC)cc(OC)c2)C1. The number of benzene rings is 1. The first kappa shape index (κ1) is 24.2. The molecule has 0 aliphatic carbocycles. The molecule has 3 N–H and O–H groups in total. The predicted octanol–water partition coefficient (Wildman–Crippen LogP) is 0.771. The van der Waals surface area contributed by atoms with Gasteiger partial charge in [-0.3, -0.25) is 9.89 Å². The molecule has 1 heterocycles. The van der Waals surface area contributed by atoms with Gasteiger partial charge in [0.1, 0.15) is 11.5 Å². The van der Waals surface area contributed by atoms with Crippen molar-refractivity contribution >= 4 is 16.0 Å². The molecule has 170 valence electrons. The Bertz CT molecular complexity index is 819. The maximum Gasteiger partial charge on any atom is 0.209 e. The molecule has 1 unspecified atom stereocenters. The summed E-state index contributed by atoms with van der Waals surface area (Å²) in [5.74, 6) is 2.23. The van der Waals surface area contributed by atoms with Crippen LogP contribution in [0, 0.1) is 0 Å². The second-order valence-corrected chi connectivity index (χ2v) is 10.0. The molecule has 1 aromatic carbocycles. The van der Waals surface area contributed by atoms with Crippen molar-refractivity contribution in [3.63, 3.8) is 0 Å². The lowest BCUT2D eigenvalue weighted by Crippen LogP contribution is -2.54. The van der Waals surface area contributed by atoms with E-state index in [1.54, 1.807) is 21.3 Å². The molecule has 10 heteroatoms. The van der Waals surface area contributed by atoms with Crippen LogP contribution in [0.3, 0.4) is 0 Å². The lowest BCUT2D eigenvalue weighted by molar-refractivity contribution is 0.321. The Balaban J connectivity index is 1.87. The summed E-state index contributed by atoms with van der Waals surface area (Å²) >= 11 is 0. The van der Waals surface area contributed by atoms with E-state index < -0.39 is 15.6 Å². The Labute approximate surface area is 180 Å². The summed E-state index contributed by atoms with van der Waals surface area (Å²) in [6, 6.07) is 6.18. The molecule has 0 radical (unpaired) electrons. The average molecular weight is 442 g/mol. The van der Waals surface area contributed by atoms with Gasteiger partial charge in [-0.25, -0.2) is 13.1 Å². The summed E-state index contributed by atoms with van der Waals surface area (Å²) in [7, 11) is 1.73. The Hall–Kier alpha value is -2.04. The van der Waals surface area contributed by atoms with Gasteiger partial charge in [-0.1, -0.05) is 0 Å². The van der Waals surface area contributed by atoms with Crippen LogP contribution in [0.4, 0.5) is 0 Å². The van der Waals surface area contributed by atoms with Crippen molar-refractivity contribution in [3.05, 3.63) is 23.8 Å². The second kappa shape index (κ2) is 10.3. The van der Waals surface area contributed by atoms with Gasteiger partial charge >= 0.3 is 0 Å². The molecule has 1 aliphatic rings. The Morgan fingerprint density at radius 3 is 2.40 bits per heavy atom. The van der Waals surface area contributed by atoms with E-state index in [0.717, 1.165) is 49.4 Å². The number of hydrogen-bond acceptors (Lipinski definition) is 6. The third kappa shape index (κ3) is 8.00.